The van der Waals surface area contributed by atoms with E-state index in [-0.39, 0.29) is 25.2 Å². The van der Waals surface area contributed by atoms with Gasteiger partial charge >= 0.3 is 0 Å². The van der Waals surface area contributed by atoms with E-state index in [1.807, 2.05) is 49.4 Å². The molecule has 0 bridgehead atoms. The molecule has 0 unspecified atom stereocenters. The van der Waals surface area contributed by atoms with Gasteiger partial charge in [-0.1, -0.05) is 24.3 Å². The molecule has 3 heterocycles. The van der Waals surface area contributed by atoms with Crippen LogP contribution in [0.25, 0.3) is 11.3 Å². The smallest absolute Gasteiger partial charge is 0.231 e. The molecular formula is C24H22N2O4. The van der Waals surface area contributed by atoms with Crippen molar-refractivity contribution in [1.29, 1.82) is 0 Å². The number of fused-ring (bicyclic) bond motifs is 2. The second kappa shape index (κ2) is 7.71. The van der Waals surface area contributed by atoms with Crippen LogP contribution in [-0.4, -0.2) is 30.3 Å². The zero-order valence-electron chi connectivity index (χ0n) is 16.7. The number of rotatable bonds is 5. The van der Waals surface area contributed by atoms with E-state index in [4.69, 9.17) is 14.2 Å². The lowest BCUT2D eigenvalue weighted by Gasteiger charge is -2.14. The number of carbonyl (C=O) groups excluding carboxylic acids is 1. The molecule has 0 fully saturated rings. The second-order valence-corrected chi connectivity index (χ2v) is 7.58. The molecule has 1 amide bonds. The minimum atomic E-state index is -0.0918. The summed E-state index contributed by atoms with van der Waals surface area (Å²) in [7, 11) is 0. The molecule has 6 heteroatoms. The van der Waals surface area contributed by atoms with Gasteiger partial charge in [0.1, 0.15) is 11.9 Å². The normalized spacial score (nSPS) is 16.1. The van der Waals surface area contributed by atoms with Crippen LogP contribution in [0.4, 0.5) is 0 Å². The molecule has 6 nitrogen and oxygen atoms in total. The first-order chi connectivity index (χ1) is 14.7. The Hall–Kier alpha value is -3.54. The summed E-state index contributed by atoms with van der Waals surface area (Å²) in [5, 5.41) is 2.99. The van der Waals surface area contributed by atoms with Crippen molar-refractivity contribution in [2.24, 2.45) is 0 Å². The first kappa shape index (κ1) is 18.5. The molecule has 0 saturated heterocycles. The van der Waals surface area contributed by atoms with Crippen LogP contribution in [0.3, 0.4) is 0 Å². The molecule has 3 aromatic rings. The summed E-state index contributed by atoms with van der Waals surface area (Å²) in [5.41, 5.74) is 5.07. The predicted molar refractivity (Wildman–Crippen MR) is 112 cm³/mol. The highest BCUT2D eigenvalue weighted by atomic mass is 16.7. The Morgan fingerprint density at radius 1 is 1.13 bits per heavy atom. The molecule has 1 aromatic heterocycles. The maximum Gasteiger partial charge on any atom is 0.231 e. The van der Waals surface area contributed by atoms with E-state index in [9.17, 15) is 4.79 Å². The molecule has 2 aliphatic heterocycles. The summed E-state index contributed by atoms with van der Waals surface area (Å²) < 4.78 is 16.9. The topological polar surface area (TPSA) is 69.7 Å². The Labute approximate surface area is 174 Å². The summed E-state index contributed by atoms with van der Waals surface area (Å²) >= 11 is 0. The van der Waals surface area contributed by atoms with E-state index in [1.54, 1.807) is 6.20 Å². The van der Waals surface area contributed by atoms with Gasteiger partial charge in [0, 0.05) is 18.2 Å². The van der Waals surface area contributed by atoms with Gasteiger partial charge in [0.25, 0.3) is 0 Å². The lowest BCUT2D eigenvalue weighted by molar-refractivity contribution is -0.120. The van der Waals surface area contributed by atoms with Crippen molar-refractivity contribution in [2.75, 3.05) is 13.3 Å². The number of hydrogen-bond acceptors (Lipinski definition) is 5. The van der Waals surface area contributed by atoms with Crippen LogP contribution in [0.2, 0.25) is 0 Å². The SMILES string of the molecule is Cc1cccnc1-c1cccc2c1O[C@H](CNC(=O)Cc1ccc3c(c1)OCO3)C2. The number of nitrogens with one attached hydrogen (secondary N) is 1. The van der Waals surface area contributed by atoms with E-state index in [0.29, 0.717) is 12.3 Å². The van der Waals surface area contributed by atoms with Crippen LogP contribution in [0.5, 0.6) is 17.2 Å². The Kier molecular flexibility index (Phi) is 4.75. The number of aromatic nitrogens is 1. The first-order valence-electron chi connectivity index (χ1n) is 10.0. The molecule has 0 aliphatic carbocycles. The molecule has 0 saturated carbocycles. The lowest BCUT2D eigenvalue weighted by atomic mass is 10.0. The minimum Gasteiger partial charge on any atom is -0.487 e. The number of benzene rings is 2. The quantitative estimate of drug-likeness (QED) is 0.708. The summed E-state index contributed by atoms with van der Waals surface area (Å²) in [6, 6.07) is 15.7. The van der Waals surface area contributed by atoms with Gasteiger partial charge in [-0.3, -0.25) is 9.78 Å². The average Bonchev–Trinajstić information content (AvgIpc) is 3.38. The molecule has 2 aliphatic rings. The molecular weight excluding hydrogens is 380 g/mol. The fourth-order valence-electron chi connectivity index (χ4n) is 3.93. The number of ether oxygens (including phenoxy) is 3. The Balaban J connectivity index is 1.22. The van der Waals surface area contributed by atoms with Crippen LogP contribution in [-0.2, 0) is 17.6 Å². The van der Waals surface area contributed by atoms with Crippen LogP contribution in [0.15, 0.2) is 54.7 Å². The van der Waals surface area contributed by atoms with Gasteiger partial charge in [-0.15, -0.1) is 0 Å². The molecule has 0 radical (unpaired) electrons. The van der Waals surface area contributed by atoms with Crippen molar-refractivity contribution < 1.29 is 19.0 Å². The number of hydrogen-bond donors (Lipinski definition) is 1. The standard InChI is InChI=1S/C24H22N2O4/c1-15-4-3-9-25-23(15)19-6-2-5-17-12-18(30-24(17)19)13-26-22(27)11-16-7-8-20-21(10-16)29-14-28-20/h2-10,18H,11-14H2,1H3,(H,26,27)/t18-/m0/s1. The molecule has 30 heavy (non-hydrogen) atoms. The fraction of sp³-hybridized carbons (Fsp3) is 0.250. The summed E-state index contributed by atoms with van der Waals surface area (Å²) in [4.78, 5) is 17.0. The average molecular weight is 402 g/mol. The maximum absolute atomic E-state index is 12.4. The fourth-order valence-corrected chi connectivity index (χ4v) is 3.93. The van der Waals surface area contributed by atoms with E-state index in [1.165, 1.54) is 0 Å². The molecule has 2 aromatic carbocycles. The van der Waals surface area contributed by atoms with Crippen molar-refractivity contribution in [3.63, 3.8) is 0 Å². The van der Waals surface area contributed by atoms with E-state index < -0.39 is 0 Å². The maximum atomic E-state index is 12.4. The van der Waals surface area contributed by atoms with Crippen molar-refractivity contribution >= 4 is 5.91 Å². The van der Waals surface area contributed by atoms with Crippen LogP contribution in [0.1, 0.15) is 16.7 Å². The number of pyridine rings is 1. The van der Waals surface area contributed by atoms with Crippen molar-refractivity contribution in [1.82, 2.24) is 10.3 Å². The third-order valence-electron chi connectivity index (χ3n) is 5.42. The van der Waals surface area contributed by atoms with Crippen molar-refractivity contribution in [3.8, 4) is 28.5 Å². The lowest BCUT2D eigenvalue weighted by Crippen LogP contribution is -2.35. The van der Waals surface area contributed by atoms with Gasteiger partial charge in [-0.05, 0) is 47.9 Å². The number of amides is 1. The Bertz CT molecular complexity index is 1110. The largest absolute Gasteiger partial charge is 0.487 e. The van der Waals surface area contributed by atoms with Crippen molar-refractivity contribution in [3.05, 3.63) is 71.4 Å². The number of carbonyl (C=O) groups is 1. The van der Waals surface area contributed by atoms with Gasteiger partial charge in [0.15, 0.2) is 11.5 Å². The predicted octanol–water partition coefficient (Wildman–Crippen LogP) is 3.45. The van der Waals surface area contributed by atoms with Crippen LogP contribution in [0, 0.1) is 6.92 Å². The zero-order chi connectivity index (χ0) is 20.5. The number of para-hydroxylation sites is 1. The summed E-state index contributed by atoms with van der Waals surface area (Å²) in [6.45, 7) is 2.73. The highest BCUT2D eigenvalue weighted by molar-refractivity contribution is 5.79. The first-order valence-corrected chi connectivity index (χ1v) is 10.0. The number of nitrogens with zero attached hydrogens (tertiary/aromatic N) is 1. The molecule has 1 N–H and O–H groups in total. The van der Waals surface area contributed by atoms with Gasteiger partial charge in [-0.25, -0.2) is 0 Å². The second-order valence-electron chi connectivity index (χ2n) is 7.58. The highest BCUT2D eigenvalue weighted by Crippen LogP contribution is 2.39. The van der Waals surface area contributed by atoms with Gasteiger partial charge in [0.05, 0.1) is 18.7 Å². The van der Waals surface area contributed by atoms with E-state index >= 15 is 0 Å². The molecule has 152 valence electrons. The van der Waals surface area contributed by atoms with Crippen LogP contribution < -0.4 is 19.5 Å². The van der Waals surface area contributed by atoms with Gasteiger partial charge in [0.2, 0.25) is 12.7 Å². The number of aryl methyl sites for hydroxylation is 1. The Morgan fingerprint density at radius 3 is 2.93 bits per heavy atom. The van der Waals surface area contributed by atoms with Crippen LogP contribution >= 0.6 is 0 Å². The molecule has 5 rings (SSSR count). The third-order valence-corrected chi connectivity index (χ3v) is 5.42. The van der Waals surface area contributed by atoms with Gasteiger partial charge in [-0.2, -0.15) is 0 Å². The van der Waals surface area contributed by atoms with E-state index in [2.05, 4.69) is 16.4 Å². The minimum absolute atomic E-state index is 0.0470. The summed E-state index contributed by atoms with van der Waals surface area (Å²) in [6.07, 6.45) is 2.75. The van der Waals surface area contributed by atoms with Gasteiger partial charge < -0.3 is 19.5 Å². The Morgan fingerprint density at radius 2 is 2.03 bits per heavy atom. The highest BCUT2D eigenvalue weighted by Gasteiger charge is 2.27. The summed E-state index contributed by atoms with van der Waals surface area (Å²) in [5.74, 6) is 2.23. The molecule has 1 atom stereocenters. The monoisotopic (exact) mass is 402 g/mol. The van der Waals surface area contributed by atoms with E-state index in [0.717, 1.165) is 45.9 Å². The molecule has 0 spiro atoms. The van der Waals surface area contributed by atoms with Crippen molar-refractivity contribution in [2.45, 2.75) is 25.9 Å². The third kappa shape index (κ3) is 3.56. The zero-order valence-corrected chi connectivity index (χ0v) is 16.7.